The molecule has 0 spiro atoms. The summed E-state index contributed by atoms with van der Waals surface area (Å²) in [5.41, 5.74) is 0.655. The van der Waals surface area contributed by atoms with Gasteiger partial charge in [0, 0.05) is 12.2 Å². The molecule has 138 valence electrons. The van der Waals surface area contributed by atoms with E-state index in [2.05, 4.69) is 10.2 Å². The van der Waals surface area contributed by atoms with Crippen molar-refractivity contribution in [2.24, 2.45) is 0 Å². The Hall–Kier alpha value is -2.28. The molecule has 7 nitrogen and oxygen atoms in total. The molecule has 0 bridgehead atoms. The summed E-state index contributed by atoms with van der Waals surface area (Å²) in [6, 6.07) is 5.23. The Kier molecular flexibility index (Phi) is 5.89. The van der Waals surface area contributed by atoms with E-state index in [1.165, 1.54) is 0 Å². The maximum Gasteiger partial charge on any atom is 0.412 e. The molecule has 0 saturated carbocycles. The number of rotatable bonds is 5. The number of amides is 2. The van der Waals surface area contributed by atoms with Gasteiger partial charge in [0.05, 0.1) is 5.69 Å². The van der Waals surface area contributed by atoms with Crippen LogP contribution in [0.1, 0.15) is 27.2 Å². The first-order valence-electron chi connectivity index (χ1n) is 8.37. The van der Waals surface area contributed by atoms with E-state index < -0.39 is 11.7 Å². The lowest BCUT2D eigenvalue weighted by Crippen LogP contribution is -2.40. The first kappa shape index (κ1) is 19.1. The number of nitrogens with one attached hydrogen (secondary N) is 1. The fourth-order valence-corrected chi connectivity index (χ4v) is 2.49. The van der Waals surface area contributed by atoms with Crippen molar-refractivity contribution in [3.63, 3.8) is 0 Å². The highest BCUT2D eigenvalue weighted by molar-refractivity contribution is 5.99. The van der Waals surface area contributed by atoms with E-state index in [4.69, 9.17) is 9.47 Å². The fraction of sp³-hybridized carbons (Fsp3) is 0.556. The maximum absolute atomic E-state index is 12.2. The van der Waals surface area contributed by atoms with E-state index in [0.29, 0.717) is 23.7 Å². The van der Waals surface area contributed by atoms with Crippen LogP contribution >= 0.6 is 0 Å². The summed E-state index contributed by atoms with van der Waals surface area (Å²) in [5.74, 6) is 0.555. The summed E-state index contributed by atoms with van der Waals surface area (Å²) in [6.07, 6.45) is 0.316. The van der Waals surface area contributed by atoms with Gasteiger partial charge in [-0.15, -0.1) is 0 Å². The standard InChI is InChI=1S/C18H27N3O4/c1-18(2,3)25-17(23)19-13-7-8-15-14(11-13)21(16(22)12-24-15)10-6-9-20(4)5/h7-8,11H,6,9-10,12H2,1-5H3,(H,19,23). The van der Waals surface area contributed by atoms with Crippen LogP contribution in [0.4, 0.5) is 16.2 Å². The second kappa shape index (κ2) is 7.74. The summed E-state index contributed by atoms with van der Waals surface area (Å²) in [4.78, 5) is 28.0. The van der Waals surface area contributed by atoms with Crippen LogP contribution in [0.5, 0.6) is 5.75 Å². The highest BCUT2D eigenvalue weighted by atomic mass is 16.6. The molecule has 7 heteroatoms. The van der Waals surface area contributed by atoms with Crippen molar-refractivity contribution >= 4 is 23.4 Å². The van der Waals surface area contributed by atoms with E-state index in [1.54, 1.807) is 43.9 Å². The van der Waals surface area contributed by atoms with E-state index in [-0.39, 0.29) is 12.5 Å². The van der Waals surface area contributed by atoms with Gasteiger partial charge in [-0.3, -0.25) is 10.1 Å². The van der Waals surface area contributed by atoms with Gasteiger partial charge in [0.15, 0.2) is 6.61 Å². The summed E-state index contributed by atoms with van der Waals surface area (Å²) >= 11 is 0. The minimum atomic E-state index is -0.574. The molecule has 1 aromatic rings. The molecule has 1 N–H and O–H groups in total. The number of nitrogens with zero attached hydrogens (tertiary/aromatic N) is 2. The molecular formula is C18H27N3O4. The third kappa shape index (κ3) is 5.63. The molecule has 0 aliphatic carbocycles. The molecule has 25 heavy (non-hydrogen) atoms. The molecule has 2 amide bonds. The van der Waals surface area contributed by atoms with E-state index in [0.717, 1.165) is 13.0 Å². The minimum Gasteiger partial charge on any atom is -0.482 e. The van der Waals surface area contributed by atoms with Crippen LogP contribution in [0.2, 0.25) is 0 Å². The second-order valence-electron chi connectivity index (χ2n) is 7.30. The average molecular weight is 349 g/mol. The topological polar surface area (TPSA) is 71.1 Å². The molecule has 1 heterocycles. The summed E-state index contributed by atoms with van der Waals surface area (Å²) in [6.45, 7) is 6.93. The van der Waals surface area contributed by atoms with Crippen molar-refractivity contribution in [2.45, 2.75) is 32.8 Å². The molecule has 1 aromatic carbocycles. The number of carbonyl (C=O) groups is 2. The minimum absolute atomic E-state index is 0.0355. The lowest BCUT2D eigenvalue weighted by Gasteiger charge is -2.30. The number of ether oxygens (including phenoxy) is 2. The molecule has 0 unspecified atom stereocenters. The van der Waals surface area contributed by atoms with Gasteiger partial charge in [0.1, 0.15) is 11.4 Å². The van der Waals surface area contributed by atoms with Crippen LogP contribution in [0, 0.1) is 0 Å². The zero-order valence-electron chi connectivity index (χ0n) is 15.6. The highest BCUT2D eigenvalue weighted by Crippen LogP contribution is 2.34. The summed E-state index contributed by atoms with van der Waals surface area (Å²) in [5, 5.41) is 2.70. The van der Waals surface area contributed by atoms with Crippen LogP contribution in [0.25, 0.3) is 0 Å². The molecule has 2 rings (SSSR count). The maximum atomic E-state index is 12.2. The average Bonchev–Trinajstić information content (AvgIpc) is 2.47. The number of hydrogen-bond donors (Lipinski definition) is 1. The summed E-state index contributed by atoms with van der Waals surface area (Å²) in [7, 11) is 4.00. The van der Waals surface area contributed by atoms with Crippen LogP contribution in [-0.2, 0) is 9.53 Å². The molecule has 1 aliphatic rings. The first-order chi connectivity index (χ1) is 11.7. The van der Waals surface area contributed by atoms with Gasteiger partial charge in [-0.05, 0) is 66.0 Å². The quantitative estimate of drug-likeness (QED) is 0.885. The first-order valence-corrected chi connectivity index (χ1v) is 8.37. The molecule has 0 saturated heterocycles. The number of anilines is 2. The Morgan fingerprint density at radius 3 is 2.72 bits per heavy atom. The normalized spacial score (nSPS) is 14.2. The number of fused-ring (bicyclic) bond motifs is 1. The fourth-order valence-electron chi connectivity index (χ4n) is 2.49. The smallest absolute Gasteiger partial charge is 0.412 e. The van der Waals surface area contributed by atoms with Crippen LogP contribution < -0.4 is 15.0 Å². The second-order valence-corrected chi connectivity index (χ2v) is 7.30. The van der Waals surface area contributed by atoms with Gasteiger partial charge in [0.25, 0.3) is 5.91 Å². The molecule has 0 radical (unpaired) electrons. The van der Waals surface area contributed by atoms with Crippen molar-refractivity contribution in [3.05, 3.63) is 18.2 Å². The Morgan fingerprint density at radius 2 is 2.08 bits per heavy atom. The molecule has 0 fully saturated rings. The molecule has 1 aliphatic heterocycles. The van der Waals surface area contributed by atoms with Gasteiger partial charge in [-0.1, -0.05) is 0 Å². The predicted molar refractivity (Wildman–Crippen MR) is 97.3 cm³/mol. The van der Waals surface area contributed by atoms with E-state index in [1.807, 2.05) is 14.1 Å². The third-order valence-electron chi connectivity index (χ3n) is 3.53. The monoisotopic (exact) mass is 349 g/mol. The lowest BCUT2D eigenvalue weighted by atomic mass is 10.2. The van der Waals surface area contributed by atoms with Crippen LogP contribution in [-0.4, -0.2) is 56.3 Å². The third-order valence-corrected chi connectivity index (χ3v) is 3.53. The largest absolute Gasteiger partial charge is 0.482 e. The predicted octanol–water partition coefficient (Wildman–Crippen LogP) is 2.71. The van der Waals surface area contributed by atoms with Gasteiger partial charge < -0.3 is 19.3 Å². The SMILES string of the molecule is CN(C)CCCN1C(=O)COc2ccc(NC(=O)OC(C)(C)C)cc21. The zero-order chi connectivity index (χ0) is 18.6. The van der Waals surface area contributed by atoms with Gasteiger partial charge >= 0.3 is 6.09 Å². The van der Waals surface area contributed by atoms with Crippen molar-refractivity contribution in [1.82, 2.24) is 4.90 Å². The zero-order valence-corrected chi connectivity index (χ0v) is 15.6. The van der Waals surface area contributed by atoms with E-state index in [9.17, 15) is 9.59 Å². The number of hydrogen-bond acceptors (Lipinski definition) is 5. The number of carbonyl (C=O) groups excluding carboxylic acids is 2. The van der Waals surface area contributed by atoms with Crippen LogP contribution in [0.15, 0.2) is 18.2 Å². The van der Waals surface area contributed by atoms with E-state index >= 15 is 0 Å². The Bertz CT molecular complexity index is 638. The van der Waals surface area contributed by atoms with Gasteiger partial charge in [-0.2, -0.15) is 0 Å². The summed E-state index contributed by atoms with van der Waals surface area (Å²) < 4.78 is 10.7. The Balaban J connectivity index is 2.13. The molecular weight excluding hydrogens is 322 g/mol. The van der Waals surface area contributed by atoms with Crippen molar-refractivity contribution in [3.8, 4) is 5.75 Å². The Morgan fingerprint density at radius 1 is 1.36 bits per heavy atom. The van der Waals surface area contributed by atoms with Gasteiger partial charge in [-0.25, -0.2) is 4.79 Å². The molecule has 0 aromatic heterocycles. The van der Waals surface area contributed by atoms with Crippen molar-refractivity contribution in [1.29, 1.82) is 0 Å². The Labute approximate surface area is 148 Å². The number of benzene rings is 1. The van der Waals surface area contributed by atoms with Crippen molar-refractivity contribution in [2.75, 3.05) is 44.0 Å². The van der Waals surface area contributed by atoms with Crippen molar-refractivity contribution < 1.29 is 19.1 Å². The molecule has 0 atom stereocenters. The lowest BCUT2D eigenvalue weighted by molar-refractivity contribution is -0.121. The van der Waals surface area contributed by atoms with Gasteiger partial charge in [0.2, 0.25) is 0 Å². The van der Waals surface area contributed by atoms with Crippen LogP contribution in [0.3, 0.4) is 0 Å². The highest BCUT2D eigenvalue weighted by Gasteiger charge is 2.26.